The Morgan fingerprint density at radius 1 is 0.957 bits per heavy atom. The second-order valence-electron chi connectivity index (χ2n) is 10.5. The fourth-order valence-corrected chi connectivity index (χ4v) is 5.99. The molecule has 46 heavy (non-hydrogen) atoms. The van der Waals surface area contributed by atoms with Crippen LogP contribution in [0.1, 0.15) is 45.5 Å². The van der Waals surface area contributed by atoms with E-state index < -0.39 is 0 Å². The van der Waals surface area contributed by atoms with E-state index in [0.717, 1.165) is 39.6 Å². The van der Waals surface area contributed by atoms with E-state index in [9.17, 15) is 9.59 Å². The molecule has 1 aliphatic heterocycles. The molecule has 234 valence electrons. The highest BCUT2D eigenvalue weighted by atomic mass is 32.2. The quantitative estimate of drug-likeness (QED) is 0.186. The molecule has 0 saturated heterocycles. The molecule has 6 rings (SSSR count). The van der Waals surface area contributed by atoms with Gasteiger partial charge in [0.25, 0.3) is 11.8 Å². The van der Waals surface area contributed by atoms with Crippen molar-refractivity contribution in [2.75, 3.05) is 20.0 Å². The van der Waals surface area contributed by atoms with Crippen LogP contribution in [0.2, 0.25) is 0 Å². The molecule has 3 aromatic carbocycles. The Kier molecular flexibility index (Phi) is 9.15. The molecule has 0 aliphatic carbocycles. The Bertz CT molecular complexity index is 1850. The molecule has 0 radical (unpaired) electrons. The van der Waals surface area contributed by atoms with Crippen molar-refractivity contribution in [2.45, 2.75) is 31.1 Å². The number of hydrogen-bond acceptors (Lipinski definition) is 9. The number of rotatable bonds is 11. The number of nitrogens with one attached hydrogen (secondary N) is 1. The number of ether oxygens (including phenoxy) is 2. The van der Waals surface area contributed by atoms with Crippen LogP contribution in [0.25, 0.3) is 5.69 Å². The number of benzene rings is 3. The summed E-state index contributed by atoms with van der Waals surface area (Å²) in [5.41, 5.74) is 4.54. The monoisotopic (exact) mass is 636 g/mol. The van der Waals surface area contributed by atoms with Crippen molar-refractivity contribution in [3.8, 4) is 17.2 Å². The number of carbonyl (C=O) groups excluding carboxylic acids is 2. The normalized spacial score (nSPS) is 14.2. The summed E-state index contributed by atoms with van der Waals surface area (Å²) in [4.78, 5) is 26.4. The molecule has 5 aromatic rings. The Morgan fingerprint density at radius 3 is 2.37 bits per heavy atom. The Balaban J connectivity index is 1.25. The lowest BCUT2D eigenvalue weighted by molar-refractivity contribution is -0.130. The van der Waals surface area contributed by atoms with Gasteiger partial charge in [0.15, 0.2) is 16.7 Å². The summed E-state index contributed by atoms with van der Waals surface area (Å²) < 4.78 is 17.7. The molecule has 2 amide bonds. The van der Waals surface area contributed by atoms with Gasteiger partial charge in [-0.25, -0.2) is 5.01 Å². The van der Waals surface area contributed by atoms with E-state index >= 15 is 0 Å². The number of hydrazone groups is 1. The third kappa shape index (κ3) is 6.66. The van der Waals surface area contributed by atoms with Crippen molar-refractivity contribution in [3.05, 3.63) is 119 Å². The number of methoxy groups -OCH3 is 2. The number of amides is 2. The van der Waals surface area contributed by atoms with Crippen LogP contribution in [0, 0.1) is 6.92 Å². The maximum Gasteiger partial charge on any atom is 0.287 e. The molecule has 3 heterocycles. The molecule has 0 bridgehead atoms. The van der Waals surface area contributed by atoms with E-state index in [2.05, 4.69) is 15.5 Å². The zero-order valence-electron chi connectivity index (χ0n) is 25.5. The standard InChI is InChI=1S/C34H32N6O5S/c1-22-6-4-7-25(18-22)39-31(20-35-33(42)30-8-5-17-45-30)36-37-34(39)46-21-32(41)40-29(24-11-15-27(44-3)16-12-24)19-28(38-40)23-9-13-26(43-2)14-10-23/h4-18,29H,19-21H2,1-3H3,(H,35,42). The average Bonchev–Trinajstić information content (AvgIpc) is 3.87. The van der Waals surface area contributed by atoms with Crippen molar-refractivity contribution in [1.82, 2.24) is 25.1 Å². The summed E-state index contributed by atoms with van der Waals surface area (Å²) in [6.07, 6.45) is 1.99. The summed E-state index contributed by atoms with van der Waals surface area (Å²) in [5, 5.41) is 18.5. The molecule has 0 fully saturated rings. The highest BCUT2D eigenvalue weighted by Crippen LogP contribution is 2.35. The topological polar surface area (TPSA) is 124 Å². The minimum atomic E-state index is -0.364. The molecule has 1 unspecified atom stereocenters. The van der Waals surface area contributed by atoms with E-state index in [1.54, 1.807) is 31.4 Å². The molecule has 12 heteroatoms. The third-order valence-corrected chi connectivity index (χ3v) is 8.44. The molecule has 1 N–H and O–H groups in total. The summed E-state index contributed by atoms with van der Waals surface area (Å²) >= 11 is 1.26. The SMILES string of the molecule is COc1ccc(C2=NN(C(=O)CSc3nnc(CNC(=O)c4ccco4)n3-c3cccc(C)c3)C(c3ccc(OC)cc3)C2)cc1. The van der Waals surface area contributed by atoms with Gasteiger partial charge in [-0.05, 0) is 84.3 Å². The molecular formula is C34H32N6O5S. The average molecular weight is 637 g/mol. The van der Waals surface area contributed by atoms with Gasteiger partial charge in [-0.1, -0.05) is 36.0 Å². The number of aryl methyl sites for hydroxylation is 1. The minimum Gasteiger partial charge on any atom is -0.497 e. The fourth-order valence-electron chi connectivity index (χ4n) is 5.17. The number of hydrogen-bond donors (Lipinski definition) is 1. The lowest BCUT2D eigenvalue weighted by Crippen LogP contribution is -2.28. The van der Waals surface area contributed by atoms with Gasteiger partial charge in [0.1, 0.15) is 11.5 Å². The Hall–Kier alpha value is -5.36. The van der Waals surface area contributed by atoms with Crippen LogP contribution in [-0.4, -0.2) is 57.3 Å². The summed E-state index contributed by atoms with van der Waals surface area (Å²) in [5.74, 6) is 1.72. The Morgan fingerprint density at radius 2 is 1.70 bits per heavy atom. The van der Waals surface area contributed by atoms with Crippen molar-refractivity contribution >= 4 is 29.3 Å². The first-order chi connectivity index (χ1) is 22.4. The van der Waals surface area contributed by atoms with Gasteiger partial charge in [0.2, 0.25) is 0 Å². The van der Waals surface area contributed by atoms with Gasteiger partial charge in [-0.15, -0.1) is 10.2 Å². The van der Waals surface area contributed by atoms with E-state index in [1.807, 2.05) is 84.3 Å². The third-order valence-electron chi connectivity index (χ3n) is 7.53. The molecular weight excluding hydrogens is 604 g/mol. The first kappa shape index (κ1) is 30.7. The van der Waals surface area contributed by atoms with Crippen molar-refractivity contribution < 1.29 is 23.5 Å². The van der Waals surface area contributed by atoms with Gasteiger partial charge < -0.3 is 19.2 Å². The van der Waals surface area contributed by atoms with Crippen LogP contribution in [0.5, 0.6) is 11.5 Å². The maximum absolute atomic E-state index is 13.9. The fraction of sp³-hybridized carbons (Fsp3) is 0.206. The molecule has 1 atom stereocenters. The first-order valence-corrected chi connectivity index (χ1v) is 15.6. The maximum atomic E-state index is 13.9. The first-order valence-electron chi connectivity index (χ1n) is 14.6. The Labute approximate surface area is 270 Å². The van der Waals surface area contributed by atoms with E-state index in [4.69, 9.17) is 19.0 Å². The predicted octanol–water partition coefficient (Wildman–Crippen LogP) is 5.59. The number of carbonyl (C=O) groups is 2. The summed E-state index contributed by atoms with van der Waals surface area (Å²) in [7, 11) is 3.25. The molecule has 1 aliphatic rings. The van der Waals surface area contributed by atoms with Gasteiger partial charge >= 0.3 is 0 Å². The van der Waals surface area contributed by atoms with Crippen molar-refractivity contribution in [3.63, 3.8) is 0 Å². The van der Waals surface area contributed by atoms with Crippen LogP contribution in [0.15, 0.2) is 106 Å². The molecule has 0 spiro atoms. The zero-order chi connectivity index (χ0) is 32.0. The van der Waals surface area contributed by atoms with Crippen LogP contribution in [0.3, 0.4) is 0 Å². The summed E-state index contributed by atoms with van der Waals surface area (Å²) in [6, 6.07) is 26.2. The van der Waals surface area contributed by atoms with Gasteiger partial charge in [-0.3, -0.25) is 14.2 Å². The number of thioether (sulfide) groups is 1. The van der Waals surface area contributed by atoms with Gasteiger partial charge in [0, 0.05) is 12.1 Å². The van der Waals surface area contributed by atoms with E-state index in [0.29, 0.717) is 17.4 Å². The lowest BCUT2D eigenvalue weighted by atomic mass is 9.98. The second-order valence-corrected chi connectivity index (χ2v) is 11.5. The second kappa shape index (κ2) is 13.7. The zero-order valence-corrected chi connectivity index (χ0v) is 26.4. The minimum absolute atomic E-state index is 0.0642. The van der Waals surface area contributed by atoms with Crippen LogP contribution in [-0.2, 0) is 11.3 Å². The largest absolute Gasteiger partial charge is 0.497 e. The van der Waals surface area contributed by atoms with Crippen LogP contribution >= 0.6 is 11.8 Å². The van der Waals surface area contributed by atoms with E-state index in [1.165, 1.54) is 18.0 Å². The molecule has 0 saturated carbocycles. The number of nitrogens with zero attached hydrogens (tertiary/aromatic N) is 5. The van der Waals surface area contributed by atoms with Crippen molar-refractivity contribution in [2.24, 2.45) is 5.10 Å². The van der Waals surface area contributed by atoms with E-state index in [-0.39, 0.29) is 35.9 Å². The summed E-state index contributed by atoms with van der Waals surface area (Å²) in [6.45, 7) is 2.10. The predicted molar refractivity (Wildman–Crippen MR) is 173 cm³/mol. The lowest BCUT2D eigenvalue weighted by Gasteiger charge is -2.22. The van der Waals surface area contributed by atoms with Crippen molar-refractivity contribution in [1.29, 1.82) is 0 Å². The highest BCUT2D eigenvalue weighted by molar-refractivity contribution is 7.99. The molecule has 2 aromatic heterocycles. The number of aromatic nitrogens is 3. The highest BCUT2D eigenvalue weighted by Gasteiger charge is 2.33. The van der Waals surface area contributed by atoms with Crippen LogP contribution < -0.4 is 14.8 Å². The van der Waals surface area contributed by atoms with Gasteiger partial charge in [-0.2, -0.15) is 5.10 Å². The van der Waals surface area contributed by atoms with Gasteiger partial charge in [0.05, 0.1) is 44.5 Å². The van der Waals surface area contributed by atoms with Crippen LogP contribution in [0.4, 0.5) is 0 Å². The molecule has 11 nitrogen and oxygen atoms in total. The smallest absolute Gasteiger partial charge is 0.287 e. The number of furan rings is 1.